The maximum absolute atomic E-state index is 13.2. The molecule has 1 aromatic carbocycles. The Morgan fingerprint density at radius 3 is 2.82 bits per heavy atom. The van der Waals surface area contributed by atoms with E-state index in [-0.39, 0.29) is 18.3 Å². The molecule has 4 rings (SSSR count). The van der Waals surface area contributed by atoms with Gasteiger partial charge in [-0.15, -0.1) is 10.2 Å². The van der Waals surface area contributed by atoms with E-state index < -0.39 is 0 Å². The van der Waals surface area contributed by atoms with Crippen molar-refractivity contribution in [3.8, 4) is 11.7 Å². The number of halogens is 1. The summed E-state index contributed by atoms with van der Waals surface area (Å²) in [4.78, 5) is 14.8. The van der Waals surface area contributed by atoms with E-state index in [1.165, 1.54) is 6.26 Å². The van der Waals surface area contributed by atoms with Gasteiger partial charge in [0, 0.05) is 22.0 Å². The number of furan rings is 2. The van der Waals surface area contributed by atoms with E-state index in [2.05, 4.69) is 26.1 Å². The minimum absolute atomic E-state index is 0.195. The first-order valence-corrected chi connectivity index (χ1v) is 9.70. The SMILES string of the molecule is CCCN(Cc1nnc(-c2ccco2)o1)C(=O)c1oc2ccc(Br)cc2c1C. The molecular formula is C20H18BrN3O4. The van der Waals surface area contributed by atoms with Crippen LogP contribution in [0.4, 0.5) is 0 Å². The van der Waals surface area contributed by atoms with Crippen molar-refractivity contribution < 1.29 is 18.0 Å². The molecule has 8 heteroatoms. The Labute approximate surface area is 169 Å². The van der Waals surface area contributed by atoms with Crippen molar-refractivity contribution in [3.63, 3.8) is 0 Å². The average molecular weight is 444 g/mol. The Bertz CT molecular complexity index is 1110. The van der Waals surface area contributed by atoms with Crippen LogP contribution in [0.15, 0.2) is 54.3 Å². The van der Waals surface area contributed by atoms with Gasteiger partial charge in [-0.1, -0.05) is 22.9 Å². The summed E-state index contributed by atoms with van der Waals surface area (Å²) in [5, 5.41) is 8.94. The zero-order valence-corrected chi connectivity index (χ0v) is 17.0. The highest BCUT2D eigenvalue weighted by molar-refractivity contribution is 9.10. The topological polar surface area (TPSA) is 85.5 Å². The van der Waals surface area contributed by atoms with Crippen LogP contribution in [0.1, 0.15) is 35.4 Å². The van der Waals surface area contributed by atoms with E-state index >= 15 is 0 Å². The Hall–Kier alpha value is -2.87. The van der Waals surface area contributed by atoms with Gasteiger partial charge in [0.05, 0.1) is 12.8 Å². The highest BCUT2D eigenvalue weighted by Gasteiger charge is 2.25. The number of aryl methyl sites for hydroxylation is 1. The van der Waals surface area contributed by atoms with Crippen molar-refractivity contribution >= 4 is 32.8 Å². The maximum Gasteiger partial charge on any atom is 0.290 e. The Balaban J connectivity index is 1.61. The predicted molar refractivity (Wildman–Crippen MR) is 106 cm³/mol. The normalized spacial score (nSPS) is 11.2. The number of benzene rings is 1. The van der Waals surface area contributed by atoms with Gasteiger partial charge in [-0.3, -0.25) is 4.79 Å². The number of aromatic nitrogens is 2. The van der Waals surface area contributed by atoms with Crippen LogP contribution in [-0.2, 0) is 6.54 Å². The number of hydrogen-bond donors (Lipinski definition) is 0. The van der Waals surface area contributed by atoms with E-state index in [9.17, 15) is 4.79 Å². The molecule has 0 spiro atoms. The minimum Gasteiger partial charge on any atom is -0.459 e. The summed E-state index contributed by atoms with van der Waals surface area (Å²) in [6, 6.07) is 9.17. The number of carbonyl (C=O) groups excluding carboxylic acids is 1. The zero-order chi connectivity index (χ0) is 19.7. The van der Waals surface area contributed by atoms with Crippen molar-refractivity contribution in [2.75, 3.05) is 6.54 Å². The first kappa shape index (κ1) is 18.5. The van der Waals surface area contributed by atoms with Gasteiger partial charge in [-0.25, -0.2) is 0 Å². The first-order chi connectivity index (χ1) is 13.6. The zero-order valence-electron chi connectivity index (χ0n) is 15.4. The molecule has 0 aliphatic rings. The Morgan fingerprint density at radius 1 is 1.21 bits per heavy atom. The number of nitrogens with zero attached hydrogens (tertiary/aromatic N) is 3. The fraction of sp³-hybridized carbons (Fsp3) is 0.250. The van der Waals surface area contributed by atoms with Crippen LogP contribution >= 0.6 is 15.9 Å². The molecule has 0 atom stereocenters. The standard InChI is InChI=1S/C20H18BrN3O4/c1-3-8-24(11-17-22-23-19(28-17)16-5-4-9-26-16)20(25)18-12(2)14-10-13(21)6-7-15(14)27-18/h4-7,9-10H,3,8,11H2,1-2H3. The predicted octanol–water partition coefficient (Wildman–Crippen LogP) is 5.20. The van der Waals surface area contributed by atoms with Gasteiger partial charge < -0.3 is 18.2 Å². The summed E-state index contributed by atoms with van der Waals surface area (Å²) in [5.74, 6) is 1.24. The van der Waals surface area contributed by atoms with E-state index in [1.54, 1.807) is 17.0 Å². The van der Waals surface area contributed by atoms with Gasteiger partial charge in [0.25, 0.3) is 11.8 Å². The summed E-state index contributed by atoms with van der Waals surface area (Å²) in [6.45, 7) is 4.63. The summed E-state index contributed by atoms with van der Waals surface area (Å²) in [7, 11) is 0. The average Bonchev–Trinajstić information content (AvgIpc) is 3.42. The molecule has 0 aliphatic carbocycles. The maximum atomic E-state index is 13.2. The monoisotopic (exact) mass is 443 g/mol. The van der Waals surface area contributed by atoms with Gasteiger partial charge in [-0.05, 0) is 43.7 Å². The second-order valence-electron chi connectivity index (χ2n) is 6.40. The molecule has 1 amide bonds. The molecule has 0 aliphatic heterocycles. The van der Waals surface area contributed by atoms with Crippen LogP contribution in [0.2, 0.25) is 0 Å². The molecule has 3 aromatic heterocycles. The van der Waals surface area contributed by atoms with Gasteiger partial charge >= 0.3 is 0 Å². The molecule has 0 saturated carbocycles. The van der Waals surface area contributed by atoms with Crippen LogP contribution in [0.25, 0.3) is 22.6 Å². The second-order valence-corrected chi connectivity index (χ2v) is 7.32. The molecule has 0 radical (unpaired) electrons. The largest absolute Gasteiger partial charge is 0.459 e. The lowest BCUT2D eigenvalue weighted by molar-refractivity contribution is 0.0697. The van der Waals surface area contributed by atoms with Crippen LogP contribution < -0.4 is 0 Å². The fourth-order valence-electron chi connectivity index (χ4n) is 3.04. The number of amides is 1. The molecule has 4 aromatic rings. The number of fused-ring (bicyclic) bond motifs is 1. The molecule has 0 unspecified atom stereocenters. The van der Waals surface area contributed by atoms with Crippen molar-refractivity contribution in [1.82, 2.24) is 15.1 Å². The first-order valence-electron chi connectivity index (χ1n) is 8.91. The highest BCUT2D eigenvalue weighted by atomic mass is 79.9. The molecule has 3 heterocycles. The lowest BCUT2D eigenvalue weighted by Crippen LogP contribution is -2.31. The van der Waals surface area contributed by atoms with E-state index in [4.69, 9.17) is 13.3 Å². The third kappa shape index (κ3) is 3.47. The summed E-state index contributed by atoms with van der Waals surface area (Å²) in [5.41, 5.74) is 1.49. The summed E-state index contributed by atoms with van der Waals surface area (Å²) < 4.78 is 17.7. The molecule has 144 valence electrons. The molecule has 0 fully saturated rings. The molecule has 7 nitrogen and oxygen atoms in total. The second kappa shape index (κ2) is 7.63. The molecule has 0 saturated heterocycles. The van der Waals surface area contributed by atoms with Crippen molar-refractivity contribution in [3.05, 3.63) is 58.3 Å². The molecular weight excluding hydrogens is 426 g/mol. The van der Waals surface area contributed by atoms with Crippen molar-refractivity contribution in [2.45, 2.75) is 26.8 Å². The Kier molecular flexibility index (Phi) is 5.04. The third-order valence-electron chi connectivity index (χ3n) is 4.40. The number of hydrogen-bond acceptors (Lipinski definition) is 6. The van der Waals surface area contributed by atoms with Crippen LogP contribution in [-0.4, -0.2) is 27.5 Å². The number of carbonyl (C=O) groups is 1. The number of rotatable bonds is 6. The van der Waals surface area contributed by atoms with Crippen molar-refractivity contribution in [1.29, 1.82) is 0 Å². The molecule has 28 heavy (non-hydrogen) atoms. The third-order valence-corrected chi connectivity index (χ3v) is 4.89. The smallest absolute Gasteiger partial charge is 0.290 e. The van der Waals surface area contributed by atoms with E-state index in [0.29, 0.717) is 29.5 Å². The van der Waals surface area contributed by atoms with Gasteiger partial charge in [0.1, 0.15) is 5.58 Å². The quantitative estimate of drug-likeness (QED) is 0.407. The van der Waals surface area contributed by atoms with Gasteiger partial charge in [0.2, 0.25) is 5.89 Å². The van der Waals surface area contributed by atoms with Crippen LogP contribution in [0, 0.1) is 6.92 Å². The minimum atomic E-state index is -0.204. The highest BCUT2D eigenvalue weighted by Crippen LogP contribution is 2.29. The Morgan fingerprint density at radius 2 is 2.07 bits per heavy atom. The van der Waals surface area contributed by atoms with E-state index in [1.807, 2.05) is 32.0 Å². The summed E-state index contributed by atoms with van der Waals surface area (Å²) >= 11 is 3.46. The van der Waals surface area contributed by atoms with Gasteiger partial charge in [0.15, 0.2) is 11.5 Å². The van der Waals surface area contributed by atoms with E-state index in [0.717, 1.165) is 21.8 Å². The lowest BCUT2D eigenvalue weighted by Gasteiger charge is -2.19. The summed E-state index contributed by atoms with van der Waals surface area (Å²) in [6.07, 6.45) is 2.32. The van der Waals surface area contributed by atoms with Crippen LogP contribution in [0.5, 0.6) is 0 Å². The van der Waals surface area contributed by atoms with Gasteiger partial charge in [-0.2, -0.15) is 0 Å². The molecule has 0 N–H and O–H groups in total. The van der Waals surface area contributed by atoms with Crippen molar-refractivity contribution in [2.24, 2.45) is 0 Å². The van der Waals surface area contributed by atoms with Crippen LogP contribution in [0.3, 0.4) is 0 Å². The molecule has 0 bridgehead atoms. The lowest BCUT2D eigenvalue weighted by atomic mass is 10.1. The fourth-order valence-corrected chi connectivity index (χ4v) is 3.40.